The molecule has 2 atom stereocenters. The van der Waals surface area contributed by atoms with Gasteiger partial charge in [0.25, 0.3) is 0 Å². The van der Waals surface area contributed by atoms with Crippen LogP contribution in [-0.2, 0) is 0 Å². The minimum Gasteiger partial charge on any atom is -0.301 e. The van der Waals surface area contributed by atoms with Gasteiger partial charge in [0.2, 0.25) is 0 Å². The molecule has 1 saturated heterocycles. The molecule has 1 rings (SSSR count). The molecular weight excluding hydrogens is 210 g/mol. The van der Waals surface area contributed by atoms with Crippen LogP contribution < -0.4 is 0 Å². The highest BCUT2D eigenvalue weighted by atomic mass is 15.3. The van der Waals surface area contributed by atoms with Gasteiger partial charge in [-0.2, -0.15) is 5.26 Å². The third kappa shape index (κ3) is 4.65. The van der Waals surface area contributed by atoms with E-state index in [1.807, 2.05) is 0 Å². The molecule has 1 heterocycles. The molecule has 0 N–H and O–H groups in total. The van der Waals surface area contributed by atoms with E-state index < -0.39 is 0 Å². The lowest BCUT2D eigenvalue weighted by atomic mass is 10.1. The largest absolute Gasteiger partial charge is 0.301 e. The second kappa shape index (κ2) is 7.68. The lowest BCUT2D eigenvalue weighted by molar-refractivity contribution is 0.101. The lowest BCUT2D eigenvalue weighted by Crippen LogP contribution is -2.50. The molecule has 0 aromatic carbocycles. The summed E-state index contributed by atoms with van der Waals surface area (Å²) >= 11 is 0. The predicted molar refractivity (Wildman–Crippen MR) is 71.8 cm³/mol. The Labute approximate surface area is 106 Å². The Balaban J connectivity index is 2.28. The van der Waals surface area contributed by atoms with Crippen LogP contribution in [0.4, 0.5) is 0 Å². The fourth-order valence-corrected chi connectivity index (χ4v) is 2.71. The molecule has 0 radical (unpaired) electrons. The summed E-state index contributed by atoms with van der Waals surface area (Å²) in [4.78, 5) is 4.89. The van der Waals surface area contributed by atoms with Crippen LogP contribution in [0.25, 0.3) is 0 Å². The van der Waals surface area contributed by atoms with Crippen molar-refractivity contribution in [2.75, 3.05) is 32.7 Å². The average Bonchev–Trinajstić information content (AvgIpc) is 2.33. The van der Waals surface area contributed by atoms with Gasteiger partial charge in [-0.15, -0.1) is 0 Å². The molecule has 0 bridgehead atoms. The van der Waals surface area contributed by atoms with E-state index in [2.05, 4.69) is 36.6 Å². The summed E-state index contributed by atoms with van der Waals surface area (Å²) in [6.07, 6.45) is 3.56. The van der Waals surface area contributed by atoms with Crippen LogP contribution in [0.3, 0.4) is 0 Å². The van der Waals surface area contributed by atoms with E-state index in [1.165, 1.54) is 19.4 Å². The first kappa shape index (κ1) is 14.5. The molecule has 0 aliphatic carbocycles. The molecule has 0 spiro atoms. The van der Waals surface area contributed by atoms with E-state index >= 15 is 0 Å². The van der Waals surface area contributed by atoms with Crippen LogP contribution >= 0.6 is 0 Å². The molecule has 3 nitrogen and oxygen atoms in total. The first-order valence-electron chi connectivity index (χ1n) is 7.07. The molecule has 98 valence electrons. The zero-order chi connectivity index (χ0) is 12.7. The first-order valence-corrected chi connectivity index (χ1v) is 7.07. The maximum atomic E-state index is 9.05. The summed E-state index contributed by atoms with van der Waals surface area (Å²) in [5.41, 5.74) is 0. The van der Waals surface area contributed by atoms with Gasteiger partial charge < -0.3 is 4.90 Å². The normalized spacial score (nSPS) is 22.0. The molecule has 17 heavy (non-hydrogen) atoms. The Morgan fingerprint density at radius 3 is 2.29 bits per heavy atom. The number of nitrogens with zero attached hydrogens (tertiary/aromatic N) is 3. The summed E-state index contributed by atoms with van der Waals surface area (Å²) in [5.74, 6) is 0.810. The summed E-state index contributed by atoms with van der Waals surface area (Å²) in [6, 6.07) is 2.53. The van der Waals surface area contributed by atoms with Crippen LogP contribution in [0.15, 0.2) is 0 Å². The van der Waals surface area contributed by atoms with Crippen molar-refractivity contribution < 1.29 is 0 Å². The Hall–Kier alpha value is -0.590. The van der Waals surface area contributed by atoms with E-state index in [0.717, 1.165) is 38.5 Å². The SMILES string of the molecule is CCCC(C)CN1CCN(C(C#N)CC)CC1. The fraction of sp³-hybridized carbons (Fsp3) is 0.929. The van der Waals surface area contributed by atoms with E-state index in [-0.39, 0.29) is 6.04 Å². The van der Waals surface area contributed by atoms with Crippen molar-refractivity contribution in [1.29, 1.82) is 5.26 Å². The van der Waals surface area contributed by atoms with E-state index in [9.17, 15) is 0 Å². The standard InChI is InChI=1S/C14H27N3/c1-4-6-13(3)12-16-7-9-17(10-8-16)14(5-2)11-15/h13-14H,4-10,12H2,1-3H3. The minimum atomic E-state index is 0.130. The molecular formula is C14H27N3. The Morgan fingerprint density at radius 1 is 1.18 bits per heavy atom. The van der Waals surface area contributed by atoms with Crippen molar-refractivity contribution >= 4 is 0 Å². The van der Waals surface area contributed by atoms with Gasteiger partial charge >= 0.3 is 0 Å². The number of nitriles is 1. The van der Waals surface area contributed by atoms with E-state index in [4.69, 9.17) is 5.26 Å². The van der Waals surface area contributed by atoms with Gasteiger partial charge in [-0.1, -0.05) is 27.2 Å². The van der Waals surface area contributed by atoms with Crippen LogP contribution in [0.1, 0.15) is 40.0 Å². The van der Waals surface area contributed by atoms with Crippen molar-refractivity contribution in [3.63, 3.8) is 0 Å². The van der Waals surface area contributed by atoms with E-state index in [1.54, 1.807) is 0 Å². The third-order valence-corrected chi connectivity index (χ3v) is 3.73. The molecule has 0 amide bonds. The van der Waals surface area contributed by atoms with Crippen molar-refractivity contribution in [3.8, 4) is 6.07 Å². The van der Waals surface area contributed by atoms with Crippen LogP contribution in [-0.4, -0.2) is 48.6 Å². The summed E-state index contributed by atoms with van der Waals surface area (Å²) in [5, 5.41) is 9.05. The number of hydrogen-bond acceptors (Lipinski definition) is 3. The molecule has 0 saturated carbocycles. The fourth-order valence-electron chi connectivity index (χ4n) is 2.71. The molecule has 2 unspecified atom stereocenters. The Bertz CT molecular complexity index is 238. The highest BCUT2D eigenvalue weighted by molar-refractivity contribution is 4.92. The van der Waals surface area contributed by atoms with Crippen molar-refractivity contribution in [3.05, 3.63) is 0 Å². The monoisotopic (exact) mass is 237 g/mol. The van der Waals surface area contributed by atoms with Crippen molar-refractivity contribution in [1.82, 2.24) is 9.80 Å². The third-order valence-electron chi connectivity index (χ3n) is 3.73. The molecule has 3 heteroatoms. The van der Waals surface area contributed by atoms with Crippen molar-refractivity contribution in [2.24, 2.45) is 5.92 Å². The van der Waals surface area contributed by atoms with Crippen LogP contribution in [0.2, 0.25) is 0 Å². The summed E-state index contributed by atoms with van der Waals surface area (Å²) < 4.78 is 0. The van der Waals surface area contributed by atoms with Gasteiger partial charge in [0, 0.05) is 32.7 Å². The van der Waals surface area contributed by atoms with Gasteiger partial charge in [-0.05, 0) is 18.8 Å². The zero-order valence-corrected chi connectivity index (χ0v) is 11.7. The smallest absolute Gasteiger partial charge is 0.0976 e. The quantitative estimate of drug-likeness (QED) is 0.710. The van der Waals surface area contributed by atoms with Crippen molar-refractivity contribution in [2.45, 2.75) is 46.1 Å². The van der Waals surface area contributed by atoms with Crippen LogP contribution in [0, 0.1) is 17.2 Å². The lowest BCUT2D eigenvalue weighted by Gasteiger charge is -2.37. The highest BCUT2D eigenvalue weighted by Gasteiger charge is 2.22. The van der Waals surface area contributed by atoms with Gasteiger partial charge in [0.1, 0.15) is 0 Å². The number of piperazine rings is 1. The minimum absolute atomic E-state index is 0.130. The Morgan fingerprint density at radius 2 is 1.82 bits per heavy atom. The van der Waals surface area contributed by atoms with Crippen LogP contribution in [0.5, 0.6) is 0 Å². The molecule has 1 aliphatic rings. The predicted octanol–water partition coefficient (Wildman–Crippen LogP) is 2.34. The summed E-state index contributed by atoms with van der Waals surface area (Å²) in [6.45, 7) is 12.3. The number of rotatable bonds is 6. The zero-order valence-electron chi connectivity index (χ0n) is 11.7. The second-order valence-electron chi connectivity index (χ2n) is 5.28. The maximum absolute atomic E-state index is 9.05. The first-order chi connectivity index (χ1) is 8.21. The molecule has 1 aliphatic heterocycles. The summed E-state index contributed by atoms with van der Waals surface area (Å²) in [7, 11) is 0. The van der Waals surface area contributed by atoms with Gasteiger partial charge in [-0.3, -0.25) is 4.90 Å². The second-order valence-corrected chi connectivity index (χ2v) is 5.28. The van der Waals surface area contributed by atoms with Gasteiger partial charge in [-0.25, -0.2) is 0 Å². The molecule has 1 fully saturated rings. The average molecular weight is 237 g/mol. The molecule has 0 aromatic rings. The van der Waals surface area contributed by atoms with Gasteiger partial charge in [0.15, 0.2) is 0 Å². The highest BCUT2D eigenvalue weighted by Crippen LogP contribution is 2.12. The van der Waals surface area contributed by atoms with Gasteiger partial charge in [0.05, 0.1) is 12.1 Å². The number of hydrogen-bond donors (Lipinski definition) is 0. The Kier molecular flexibility index (Phi) is 6.54. The van der Waals surface area contributed by atoms with E-state index in [0.29, 0.717) is 0 Å². The topological polar surface area (TPSA) is 30.3 Å². The molecule has 0 aromatic heterocycles. The maximum Gasteiger partial charge on any atom is 0.0976 e.